The first kappa shape index (κ1) is 66.5. The van der Waals surface area contributed by atoms with Gasteiger partial charge in [-0.05, 0) is 99.2 Å². The Kier molecular flexibility index (Phi) is 20.3. The molecule has 6 aliphatic heterocycles. The standard InChI is InChI=1S/C57H94O28/c1-20(19-75-50-44(70)40(66)36(62)30(16-58)79-50)9-12-57(74)21(2)34-29(85-57)15-28-26-8-7-24-13-25(78-51-47(73)43(69)48(23(4)77-51)83-53-46(72)41(67)37(63)31(17-59)80-53)14-33(56(24,6)27(26)10-11-55(28,34)5)82-54-49(42(68)38(64)32(18-60)81-54)84-52-45(71)39(65)35(61)22(3)76-52/h21-54,58-74H,1,7-19H2,2-6H3/t21-,22-,23-,24+,25+,26+,27-,28-,29-,30+,31+,32+,33+,34-,35-,36+,37+,38+,39+,40-,41-,42-,43-,44+,45+,46+,47+,48-,49+,50+,51-,52-,53-,54-,55-,56-,57+/m0/s1. The highest BCUT2D eigenvalue weighted by atomic mass is 16.8. The SMILES string of the molecule is C=C(CC[C@@]1(O)O[C@H]2C[C@H]3[C@@H]4CC[C@@H]5C[C@@H](O[C@@H]6O[C@@H](C)[C@H](O[C@@H]7O[C@H](CO)[C@@H](O)[C@H](O)[C@H]7O)[C@@H](O)[C@H]6O)C[C@@H](O[C@@H]6O[C@H](CO)[C@@H](O)[C@H](O)[C@H]6O[C@@H]6O[C@@H](C)[C@H](O)[C@@H](O)[C@H]6O)[C@]5(C)[C@H]4CC[C@]3(C)[C@H]2[C@@H]1C)CO[C@@H]1O[C@H](CO)[C@@H](O)[C@H](O)[C@H]1O. The van der Waals surface area contributed by atoms with Crippen LogP contribution >= 0.6 is 0 Å². The summed E-state index contributed by atoms with van der Waals surface area (Å²) >= 11 is 0. The molecule has 490 valence electrons. The number of rotatable bonds is 17. The summed E-state index contributed by atoms with van der Waals surface area (Å²) in [6.07, 6.45) is -35.9. The minimum absolute atomic E-state index is 0.0258. The van der Waals surface area contributed by atoms with Crippen molar-refractivity contribution in [2.45, 2.75) is 270 Å². The van der Waals surface area contributed by atoms with Crippen molar-refractivity contribution in [1.82, 2.24) is 0 Å². The third-order valence-corrected chi connectivity index (χ3v) is 22.0. The van der Waals surface area contributed by atoms with Gasteiger partial charge in [0, 0.05) is 18.8 Å². The third kappa shape index (κ3) is 12.0. The van der Waals surface area contributed by atoms with Crippen LogP contribution in [0.3, 0.4) is 0 Å². The molecule has 17 N–H and O–H groups in total. The van der Waals surface area contributed by atoms with Gasteiger partial charge in [-0.25, -0.2) is 0 Å². The minimum Gasteiger partial charge on any atom is -0.394 e. The average Bonchev–Trinajstić information content (AvgIpc) is 1.63. The molecule has 10 fully saturated rings. The predicted octanol–water partition coefficient (Wildman–Crippen LogP) is -5.18. The van der Waals surface area contributed by atoms with Crippen LogP contribution in [0.1, 0.15) is 92.4 Å². The van der Waals surface area contributed by atoms with Crippen LogP contribution in [0, 0.1) is 46.3 Å². The Morgan fingerprint density at radius 3 is 1.67 bits per heavy atom. The average molecular weight is 1230 g/mol. The molecule has 0 amide bonds. The number of aliphatic hydroxyl groups is 17. The minimum atomic E-state index is -1.82. The molecule has 0 aromatic carbocycles. The molecular formula is C57H94O28. The smallest absolute Gasteiger partial charge is 0.187 e. The quantitative estimate of drug-likeness (QED) is 0.0478. The van der Waals surface area contributed by atoms with Crippen LogP contribution < -0.4 is 0 Å². The number of hydrogen-bond donors (Lipinski definition) is 17. The van der Waals surface area contributed by atoms with Gasteiger partial charge in [-0.2, -0.15) is 0 Å². The fourth-order valence-corrected chi connectivity index (χ4v) is 17.0. The van der Waals surface area contributed by atoms with Gasteiger partial charge in [-0.15, -0.1) is 0 Å². The lowest BCUT2D eigenvalue weighted by Gasteiger charge is -2.63. The second-order valence-electron chi connectivity index (χ2n) is 26.7. The summed E-state index contributed by atoms with van der Waals surface area (Å²) in [5.41, 5.74) is -0.448. The second-order valence-corrected chi connectivity index (χ2v) is 26.7. The summed E-state index contributed by atoms with van der Waals surface area (Å²) in [4.78, 5) is 0. The van der Waals surface area contributed by atoms with Gasteiger partial charge in [0.05, 0.1) is 56.9 Å². The number of fused-ring (bicyclic) bond motifs is 7. The van der Waals surface area contributed by atoms with Crippen molar-refractivity contribution in [3.8, 4) is 0 Å². The molecule has 0 aromatic rings. The Morgan fingerprint density at radius 1 is 0.518 bits per heavy atom. The lowest BCUT2D eigenvalue weighted by Crippen LogP contribution is -2.66. The Balaban J connectivity index is 0.871. The lowest BCUT2D eigenvalue weighted by atomic mass is 9.43. The Labute approximate surface area is 492 Å². The van der Waals surface area contributed by atoms with Gasteiger partial charge in [0.1, 0.15) is 110 Å². The van der Waals surface area contributed by atoms with Crippen LogP contribution in [0.15, 0.2) is 12.2 Å². The second kappa shape index (κ2) is 26.0. The van der Waals surface area contributed by atoms with Gasteiger partial charge < -0.3 is 139 Å². The highest BCUT2D eigenvalue weighted by molar-refractivity contribution is 5.17. The van der Waals surface area contributed by atoms with Gasteiger partial charge in [-0.1, -0.05) is 32.9 Å². The van der Waals surface area contributed by atoms with E-state index in [-0.39, 0.29) is 72.9 Å². The summed E-state index contributed by atoms with van der Waals surface area (Å²) in [5.74, 6) is -1.82. The van der Waals surface area contributed by atoms with E-state index in [0.717, 1.165) is 12.8 Å². The third-order valence-electron chi connectivity index (χ3n) is 22.0. The van der Waals surface area contributed by atoms with E-state index in [2.05, 4.69) is 20.4 Å². The van der Waals surface area contributed by atoms with Crippen molar-refractivity contribution < 1.29 is 139 Å². The molecule has 0 radical (unpaired) electrons. The van der Waals surface area contributed by atoms with Crippen LogP contribution in [0.4, 0.5) is 0 Å². The largest absolute Gasteiger partial charge is 0.394 e. The van der Waals surface area contributed by atoms with E-state index < -0.39 is 197 Å². The first-order valence-electron chi connectivity index (χ1n) is 30.4. The van der Waals surface area contributed by atoms with E-state index in [9.17, 15) is 86.8 Å². The summed E-state index contributed by atoms with van der Waals surface area (Å²) in [7, 11) is 0. The van der Waals surface area contributed by atoms with Crippen LogP contribution in [-0.2, 0) is 52.1 Å². The maximum Gasteiger partial charge on any atom is 0.187 e. The molecule has 28 nitrogen and oxygen atoms in total. The van der Waals surface area contributed by atoms with Crippen LogP contribution in [0.2, 0.25) is 0 Å². The maximum atomic E-state index is 12.3. The van der Waals surface area contributed by atoms with Crippen LogP contribution in [0.25, 0.3) is 0 Å². The van der Waals surface area contributed by atoms with Crippen molar-refractivity contribution >= 4 is 0 Å². The Hall–Kier alpha value is -1.38. The number of ether oxygens (including phenoxy) is 11. The van der Waals surface area contributed by atoms with E-state index in [0.29, 0.717) is 31.3 Å². The molecule has 28 heteroatoms. The first-order valence-corrected chi connectivity index (χ1v) is 30.4. The molecular weight excluding hydrogens is 1130 g/mol. The Morgan fingerprint density at radius 2 is 1.04 bits per heavy atom. The van der Waals surface area contributed by atoms with Gasteiger partial charge in [0.15, 0.2) is 37.2 Å². The van der Waals surface area contributed by atoms with Crippen LogP contribution in [-0.4, -0.2) is 291 Å². The van der Waals surface area contributed by atoms with Gasteiger partial charge >= 0.3 is 0 Å². The number of hydrogen-bond acceptors (Lipinski definition) is 28. The summed E-state index contributed by atoms with van der Waals surface area (Å²) in [6, 6.07) is 0. The van der Waals surface area contributed by atoms with Crippen molar-refractivity contribution in [2.75, 3.05) is 26.4 Å². The van der Waals surface area contributed by atoms with E-state index >= 15 is 0 Å². The molecule has 85 heavy (non-hydrogen) atoms. The molecule has 37 atom stereocenters. The molecule has 0 unspecified atom stereocenters. The molecule has 10 aliphatic rings. The topological polar surface area (TPSA) is 445 Å². The molecule has 0 bridgehead atoms. The van der Waals surface area contributed by atoms with E-state index in [1.54, 1.807) is 0 Å². The molecule has 6 saturated heterocycles. The van der Waals surface area contributed by atoms with Crippen molar-refractivity contribution in [3.63, 3.8) is 0 Å². The van der Waals surface area contributed by atoms with Gasteiger partial charge in [0.25, 0.3) is 0 Å². The molecule has 4 saturated carbocycles. The Bertz CT molecular complexity index is 2240. The number of aliphatic hydroxyl groups excluding tert-OH is 16. The highest BCUT2D eigenvalue weighted by Crippen LogP contribution is 2.71. The zero-order chi connectivity index (χ0) is 61.7. The van der Waals surface area contributed by atoms with Gasteiger partial charge in [0.2, 0.25) is 0 Å². The van der Waals surface area contributed by atoms with Crippen LogP contribution in [0.5, 0.6) is 0 Å². The summed E-state index contributed by atoms with van der Waals surface area (Å²) < 4.78 is 67.5. The van der Waals surface area contributed by atoms with E-state index in [1.807, 2.05) is 6.92 Å². The molecule has 10 rings (SSSR count). The van der Waals surface area contributed by atoms with Crippen molar-refractivity contribution in [3.05, 3.63) is 12.2 Å². The lowest BCUT2D eigenvalue weighted by molar-refractivity contribution is -0.381. The van der Waals surface area contributed by atoms with E-state index in [1.165, 1.54) is 13.8 Å². The summed E-state index contributed by atoms with van der Waals surface area (Å²) in [5, 5.41) is 183. The fourth-order valence-electron chi connectivity index (χ4n) is 17.0. The molecule has 0 spiro atoms. The van der Waals surface area contributed by atoms with Crippen molar-refractivity contribution in [2.24, 2.45) is 46.3 Å². The zero-order valence-electron chi connectivity index (χ0n) is 48.6. The monoisotopic (exact) mass is 1230 g/mol. The van der Waals surface area contributed by atoms with E-state index in [4.69, 9.17) is 52.1 Å². The predicted molar refractivity (Wildman–Crippen MR) is 283 cm³/mol. The highest BCUT2D eigenvalue weighted by Gasteiger charge is 2.70. The van der Waals surface area contributed by atoms with Gasteiger partial charge in [-0.3, -0.25) is 0 Å². The first-order chi connectivity index (χ1) is 40.1. The molecule has 4 aliphatic carbocycles. The zero-order valence-corrected chi connectivity index (χ0v) is 48.6. The maximum absolute atomic E-state index is 12.3. The molecule has 0 aromatic heterocycles. The van der Waals surface area contributed by atoms with Crippen molar-refractivity contribution in [1.29, 1.82) is 0 Å². The fraction of sp³-hybridized carbons (Fsp3) is 0.965. The summed E-state index contributed by atoms with van der Waals surface area (Å²) in [6.45, 7) is 11.3. The molecule has 6 heterocycles. The normalized spacial score (nSPS) is 56.2.